The fourth-order valence-electron chi connectivity index (χ4n) is 4.24. The van der Waals surface area contributed by atoms with Gasteiger partial charge in [-0.25, -0.2) is 9.59 Å². The molecule has 2 aromatic carbocycles. The third-order valence-corrected chi connectivity index (χ3v) is 8.26. The molecule has 0 fully saturated rings. The lowest BCUT2D eigenvalue weighted by Crippen LogP contribution is -2.42. The van der Waals surface area contributed by atoms with Gasteiger partial charge < -0.3 is 4.74 Å². The van der Waals surface area contributed by atoms with E-state index in [0.29, 0.717) is 15.9 Å². The van der Waals surface area contributed by atoms with Crippen molar-refractivity contribution in [1.82, 2.24) is 9.13 Å². The Morgan fingerprint density at radius 2 is 1.71 bits per heavy atom. The minimum atomic E-state index is -4.64. The van der Waals surface area contributed by atoms with Crippen LogP contribution in [0.3, 0.4) is 0 Å². The molecule has 10 nitrogen and oxygen atoms in total. The molecule has 0 aliphatic carbocycles. The summed E-state index contributed by atoms with van der Waals surface area (Å²) in [6, 6.07) is 7.92. The highest BCUT2D eigenvalue weighted by Crippen LogP contribution is 2.59. The van der Waals surface area contributed by atoms with Crippen molar-refractivity contribution in [3.05, 3.63) is 85.7 Å². The second-order valence-electron chi connectivity index (χ2n) is 8.55. The number of benzene rings is 2. The Labute approximate surface area is 216 Å². The maximum atomic E-state index is 13.5. The molecule has 0 spiro atoms. The number of rotatable bonds is 5. The number of ether oxygens (including phenoxy) is 1. The predicted molar refractivity (Wildman–Crippen MR) is 137 cm³/mol. The monoisotopic (exact) mass is 554 g/mol. The Balaban J connectivity index is 1.92. The molecule has 0 amide bonds. The molecule has 0 unspecified atom stereocenters. The first-order valence-corrected chi connectivity index (χ1v) is 12.8. The third kappa shape index (κ3) is 4.44. The summed E-state index contributed by atoms with van der Waals surface area (Å²) in [6.07, 6.45) is -3.63. The molecule has 1 aliphatic heterocycles. The van der Waals surface area contributed by atoms with Crippen molar-refractivity contribution in [3.63, 3.8) is 0 Å². The van der Waals surface area contributed by atoms with E-state index in [2.05, 4.69) is 0 Å². The summed E-state index contributed by atoms with van der Waals surface area (Å²) in [5.41, 5.74) is -2.44. The summed E-state index contributed by atoms with van der Waals surface area (Å²) >= 11 is 0. The van der Waals surface area contributed by atoms with Crippen LogP contribution in [0.1, 0.15) is 34.0 Å². The maximum absolute atomic E-state index is 13.5. The average molecular weight is 555 g/mol. The van der Waals surface area contributed by atoms with Crippen molar-refractivity contribution < 1.29 is 31.8 Å². The zero-order chi connectivity index (χ0) is 28.2. The zero-order valence-corrected chi connectivity index (χ0v) is 21.6. The molecule has 4 rings (SSSR count). The fraction of sp³-hybridized carbons (Fsp3) is 0.292. The van der Waals surface area contributed by atoms with Gasteiger partial charge in [-0.1, -0.05) is 12.1 Å². The van der Waals surface area contributed by atoms with Crippen LogP contribution in [0, 0.1) is 6.92 Å². The molecular weight excluding hydrogens is 529 g/mol. The minimum Gasteiger partial charge on any atom is -0.462 e. The van der Waals surface area contributed by atoms with Gasteiger partial charge >= 0.3 is 17.8 Å². The Hall–Kier alpha value is -3.75. The van der Waals surface area contributed by atoms with Gasteiger partial charge in [-0.15, -0.1) is 0 Å². The lowest BCUT2D eigenvalue weighted by Gasteiger charge is -2.40. The molecule has 14 heteroatoms. The summed E-state index contributed by atoms with van der Waals surface area (Å²) in [7, 11) is -0.383. The van der Waals surface area contributed by atoms with Gasteiger partial charge in [0.2, 0.25) is 0 Å². The number of fused-ring (bicyclic) bond motifs is 1. The molecule has 1 aliphatic rings. The highest BCUT2D eigenvalue weighted by atomic mass is 32.3. The molecule has 3 aromatic rings. The smallest absolute Gasteiger partial charge is 0.416 e. The SMILES string of the molecule is CCOC(=O)c1cn(-c2ccc3c(c2)N(C)S(O)(O)N3C)c(=O)n(Cc2cccc(C(F)(F)F)c2C)c1=O. The van der Waals surface area contributed by atoms with Gasteiger partial charge in [0, 0.05) is 20.3 Å². The fourth-order valence-corrected chi connectivity index (χ4v) is 5.43. The van der Waals surface area contributed by atoms with Crippen molar-refractivity contribution in [2.75, 3.05) is 29.3 Å². The summed E-state index contributed by atoms with van der Waals surface area (Å²) in [5.74, 6) is -1.01. The van der Waals surface area contributed by atoms with Gasteiger partial charge in [0.1, 0.15) is 5.56 Å². The van der Waals surface area contributed by atoms with Crippen LogP contribution < -0.4 is 19.9 Å². The Morgan fingerprint density at radius 3 is 2.34 bits per heavy atom. The van der Waals surface area contributed by atoms with Crippen molar-refractivity contribution >= 4 is 28.3 Å². The molecule has 1 aromatic heterocycles. The lowest BCUT2D eigenvalue weighted by atomic mass is 10.0. The van der Waals surface area contributed by atoms with Crippen LogP contribution >= 0.6 is 11.0 Å². The van der Waals surface area contributed by atoms with Crippen LogP contribution in [0.25, 0.3) is 5.69 Å². The second kappa shape index (κ2) is 9.53. The first-order chi connectivity index (χ1) is 17.7. The molecule has 2 heterocycles. The Bertz CT molecular complexity index is 1550. The van der Waals surface area contributed by atoms with Gasteiger partial charge in [-0.2, -0.15) is 13.2 Å². The molecule has 0 saturated carbocycles. The molecule has 204 valence electrons. The quantitative estimate of drug-likeness (QED) is 0.455. The summed E-state index contributed by atoms with van der Waals surface area (Å²) in [6.45, 7) is 2.18. The van der Waals surface area contributed by atoms with E-state index in [1.165, 1.54) is 66.9 Å². The molecule has 0 saturated heterocycles. The number of esters is 1. The molecule has 0 atom stereocenters. The lowest BCUT2D eigenvalue weighted by molar-refractivity contribution is -0.138. The predicted octanol–water partition coefficient (Wildman–Crippen LogP) is 4.02. The van der Waals surface area contributed by atoms with Gasteiger partial charge in [0.25, 0.3) is 5.56 Å². The molecule has 0 radical (unpaired) electrons. The second-order valence-corrected chi connectivity index (χ2v) is 10.6. The van der Waals surface area contributed by atoms with E-state index >= 15 is 0 Å². The van der Waals surface area contributed by atoms with E-state index in [1.807, 2.05) is 0 Å². The summed E-state index contributed by atoms with van der Waals surface area (Å²) < 4.78 is 70.4. The number of alkyl halides is 3. The van der Waals surface area contributed by atoms with Gasteiger partial charge in [0.15, 0.2) is 0 Å². The van der Waals surface area contributed by atoms with Crippen LogP contribution in [-0.4, -0.2) is 44.9 Å². The topological polar surface area (TPSA) is 117 Å². The highest BCUT2D eigenvalue weighted by Gasteiger charge is 2.36. The van der Waals surface area contributed by atoms with E-state index in [9.17, 15) is 36.7 Å². The van der Waals surface area contributed by atoms with Crippen LogP contribution in [0.4, 0.5) is 24.5 Å². The van der Waals surface area contributed by atoms with Crippen LogP contribution in [0.5, 0.6) is 0 Å². The number of aromatic nitrogens is 2. The van der Waals surface area contributed by atoms with E-state index in [-0.39, 0.29) is 23.4 Å². The third-order valence-electron chi connectivity index (χ3n) is 6.40. The number of nitrogens with zero attached hydrogens (tertiary/aromatic N) is 4. The van der Waals surface area contributed by atoms with Crippen LogP contribution in [-0.2, 0) is 17.5 Å². The molecule has 0 bridgehead atoms. The maximum Gasteiger partial charge on any atom is 0.416 e. The Kier molecular flexibility index (Phi) is 6.84. The molecular formula is C24H25F3N4O6S. The van der Waals surface area contributed by atoms with Crippen molar-refractivity contribution in [2.45, 2.75) is 26.6 Å². The Morgan fingerprint density at radius 1 is 1.05 bits per heavy atom. The van der Waals surface area contributed by atoms with E-state index in [4.69, 9.17) is 4.74 Å². The minimum absolute atomic E-state index is 0.0576. The number of halogens is 3. The van der Waals surface area contributed by atoms with E-state index < -0.39 is 52.0 Å². The number of hydrogen-bond acceptors (Lipinski definition) is 8. The van der Waals surface area contributed by atoms with Crippen molar-refractivity contribution in [1.29, 1.82) is 0 Å². The van der Waals surface area contributed by atoms with Crippen LogP contribution in [0.2, 0.25) is 0 Å². The summed E-state index contributed by atoms with van der Waals surface area (Å²) in [4.78, 5) is 39.3. The number of anilines is 2. The van der Waals surface area contributed by atoms with Crippen molar-refractivity contribution in [2.24, 2.45) is 0 Å². The van der Waals surface area contributed by atoms with E-state index in [1.54, 1.807) is 0 Å². The number of carbonyl (C=O) groups excluding carboxylic acids is 1. The first kappa shape index (κ1) is 27.3. The molecule has 2 N–H and O–H groups in total. The van der Waals surface area contributed by atoms with Gasteiger partial charge in [0.05, 0.1) is 35.8 Å². The van der Waals surface area contributed by atoms with Crippen LogP contribution in [0.15, 0.2) is 52.2 Å². The van der Waals surface area contributed by atoms with Crippen molar-refractivity contribution in [3.8, 4) is 5.69 Å². The highest BCUT2D eigenvalue weighted by molar-refractivity contribution is 8.26. The average Bonchev–Trinajstić information content (AvgIpc) is 3.01. The molecule has 38 heavy (non-hydrogen) atoms. The summed E-state index contributed by atoms with van der Waals surface area (Å²) in [5, 5.41) is 0. The largest absolute Gasteiger partial charge is 0.462 e. The van der Waals surface area contributed by atoms with Gasteiger partial charge in [-0.05, 0) is 60.2 Å². The zero-order valence-electron chi connectivity index (χ0n) is 20.8. The van der Waals surface area contributed by atoms with E-state index in [0.717, 1.165) is 16.8 Å². The normalized spacial score (nSPS) is 15.4. The standard InChI is InChI=1S/C24H25F3N4O6S/c1-5-37-22(33)17-13-30(16-9-10-19-20(11-16)29(4)38(35,36)28(19)3)23(34)31(21(17)32)12-15-7-6-8-18(14(15)2)24(25,26)27/h6-11,13,35-36H,5,12H2,1-4H3. The number of carbonyl (C=O) groups is 1. The van der Waals surface area contributed by atoms with Gasteiger partial charge in [-0.3, -0.25) is 31.6 Å². The number of hydrogen-bond donors (Lipinski definition) is 2. The first-order valence-electron chi connectivity index (χ1n) is 11.3.